The highest BCUT2D eigenvalue weighted by Gasteiger charge is 2.18. The molecule has 6 heteroatoms. The van der Waals surface area contributed by atoms with Crippen molar-refractivity contribution < 1.29 is 8.42 Å². The summed E-state index contributed by atoms with van der Waals surface area (Å²) in [4.78, 5) is 3.84. The molecule has 14 heavy (non-hydrogen) atoms. The number of hydrogen-bond donors (Lipinski definition) is 0. The van der Waals surface area contributed by atoms with E-state index in [1.807, 2.05) is 6.92 Å². The van der Waals surface area contributed by atoms with Crippen LogP contribution in [0.15, 0.2) is 17.6 Å². The molecule has 0 bridgehead atoms. The number of hydrogen-bond acceptors (Lipinski definition) is 3. The second-order valence-electron chi connectivity index (χ2n) is 2.86. The standard InChI is InChI=1S/C8H13ClN2O2S/c1-2-11-6-5-10-8(11)14(12,13)7-3-4-9/h5-6H,2-4,7H2,1H3. The topological polar surface area (TPSA) is 52.0 Å². The highest BCUT2D eigenvalue weighted by molar-refractivity contribution is 7.91. The number of alkyl halides is 1. The summed E-state index contributed by atoms with van der Waals surface area (Å²) in [6, 6.07) is 0. The Morgan fingerprint density at radius 2 is 2.29 bits per heavy atom. The molecule has 0 aliphatic rings. The van der Waals surface area contributed by atoms with Crippen molar-refractivity contribution in [1.29, 1.82) is 0 Å². The lowest BCUT2D eigenvalue weighted by Crippen LogP contribution is -2.13. The number of imidazole rings is 1. The molecular formula is C8H13ClN2O2S. The fourth-order valence-electron chi connectivity index (χ4n) is 1.15. The van der Waals surface area contributed by atoms with Crippen LogP contribution in [0.1, 0.15) is 13.3 Å². The largest absolute Gasteiger partial charge is 0.322 e. The molecule has 0 atom stereocenters. The monoisotopic (exact) mass is 236 g/mol. The first-order valence-corrected chi connectivity index (χ1v) is 6.60. The first-order valence-electron chi connectivity index (χ1n) is 4.41. The SMILES string of the molecule is CCn1ccnc1S(=O)(=O)CCCCl. The highest BCUT2D eigenvalue weighted by atomic mass is 35.5. The van der Waals surface area contributed by atoms with Gasteiger partial charge in [-0.3, -0.25) is 0 Å². The predicted octanol–water partition coefficient (Wildman–Crippen LogP) is 1.31. The molecule has 0 amide bonds. The number of rotatable bonds is 5. The van der Waals surface area contributed by atoms with E-state index in [0.717, 1.165) is 0 Å². The van der Waals surface area contributed by atoms with Gasteiger partial charge in [0.25, 0.3) is 0 Å². The zero-order valence-corrected chi connectivity index (χ0v) is 9.55. The normalized spacial score (nSPS) is 11.9. The maximum atomic E-state index is 11.7. The average molecular weight is 237 g/mol. The summed E-state index contributed by atoms with van der Waals surface area (Å²) in [7, 11) is -3.25. The van der Waals surface area contributed by atoms with Crippen LogP contribution in [-0.4, -0.2) is 29.6 Å². The molecule has 0 radical (unpaired) electrons. The van der Waals surface area contributed by atoms with Gasteiger partial charge in [-0.1, -0.05) is 0 Å². The summed E-state index contributed by atoms with van der Waals surface area (Å²) < 4.78 is 25.0. The molecule has 0 spiro atoms. The lowest BCUT2D eigenvalue weighted by Gasteiger charge is -2.04. The molecule has 80 valence electrons. The van der Waals surface area contributed by atoms with Crippen molar-refractivity contribution in [2.75, 3.05) is 11.6 Å². The molecule has 1 rings (SSSR count). The van der Waals surface area contributed by atoms with Gasteiger partial charge >= 0.3 is 0 Å². The van der Waals surface area contributed by atoms with Crippen molar-refractivity contribution >= 4 is 21.4 Å². The van der Waals surface area contributed by atoms with Crippen LogP contribution in [0.5, 0.6) is 0 Å². The van der Waals surface area contributed by atoms with E-state index >= 15 is 0 Å². The lowest BCUT2D eigenvalue weighted by atomic mass is 10.6. The van der Waals surface area contributed by atoms with Gasteiger partial charge < -0.3 is 4.57 Å². The molecule has 1 aromatic rings. The molecule has 4 nitrogen and oxygen atoms in total. The van der Waals surface area contributed by atoms with E-state index < -0.39 is 9.84 Å². The Morgan fingerprint density at radius 3 is 2.86 bits per heavy atom. The molecule has 0 N–H and O–H groups in total. The van der Waals surface area contributed by atoms with Crippen LogP contribution in [0.3, 0.4) is 0 Å². The molecule has 0 aliphatic carbocycles. The lowest BCUT2D eigenvalue weighted by molar-refractivity contribution is 0.567. The van der Waals surface area contributed by atoms with E-state index in [1.165, 1.54) is 6.20 Å². The van der Waals surface area contributed by atoms with Crippen molar-refractivity contribution in [2.24, 2.45) is 0 Å². The molecule has 0 aliphatic heterocycles. The number of aryl methyl sites for hydroxylation is 1. The van der Waals surface area contributed by atoms with E-state index in [-0.39, 0.29) is 10.9 Å². The fraction of sp³-hybridized carbons (Fsp3) is 0.625. The molecule has 0 fully saturated rings. The van der Waals surface area contributed by atoms with E-state index in [2.05, 4.69) is 4.98 Å². The summed E-state index contributed by atoms with van der Waals surface area (Å²) in [6.07, 6.45) is 3.62. The third kappa shape index (κ3) is 2.48. The maximum Gasteiger partial charge on any atom is 0.227 e. The smallest absolute Gasteiger partial charge is 0.227 e. The third-order valence-electron chi connectivity index (χ3n) is 1.84. The van der Waals surface area contributed by atoms with E-state index in [9.17, 15) is 8.42 Å². The van der Waals surface area contributed by atoms with Crippen LogP contribution in [0.4, 0.5) is 0 Å². The highest BCUT2D eigenvalue weighted by Crippen LogP contribution is 2.09. The molecule has 1 heterocycles. The molecular weight excluding hydrogens is 224 g/mol. The van der Waals surface area contributed by atoms with Crippen molar-refractivity contribution in [2.45, 2.75) is 25.0 Å². The van der Waals surface area contributed by atoms with Crippen LogP contribution in [0, 0.1) is 0 Å². The quantitative estimate of drug-likeness (QED) is 0.725. The van der Waals surface area contributed by atoms with Crippen molar-refractivity contribution in [1.82, 2.24) is 9.55 Å². The van der Waals surface area contributed by atoms with Gasteiger partial charge in [-0.2, -0.15) is 0 Å². The summed E-state index contributed by atoms with van der Waals surface area (Å²) in [6.45, 7) is 2.48. The van der Waals surface area contributed by atoms with Crippen LogP contribution in [0.25, 0.3) is 0 Å². The zero-order chi connectivity index (χ0) is 10.6. The second-order valence-corrected chi connectivity index (χ2v) is 5.24. The van der Waals surface area contributed by atoms with Crippen LogP contribution >= 0.6 is 11.6 Å². The molecule has 0 unspecified atom stereocenters. The predicted molar refractivity (Wildman–Crippen MR) is 55.3 cm³/mol. The Bertz CT molecular complexity index is 386. The fourth-order valence-corrected chi connectivity index (χ4v) is 2.92. The third-order valence-corrected chi connectivity index (χ3v) is 3.83. The Morgan fingerprint density at radius 1 is 1.57 bits per heavy atom. The number of nitrogens with zero attached hydrogens (tertiary/aromatic N) is 2. The number of aromatic nitrogens is 2. The van der Waals surface area contributed by atoms with Gasteiger partial charge in [-0.25, -0.2) is 13.4 Å². The number of halogens is 1. The maximum absolute atomic E-state index is 11.7. The van der Waals surface area contributed by atoms with E-state index in [1.54, 1.807) is 10.8 Å². The van der Waals surface area contributed by atoms with Crippen molar-refractivity contribution in [3.63, 3.8) is 0 Å². The minimum atomic E-state index is -3.25. The van der Waals surface area contributed by atoms with Crippen LogP contribution in [0.2, 0.25) is 0 Å². The Hall–Kier alpha value is -0.550. The van der Waals surface area contributed by atoms with Crippen molar-refractivity contribution in [3.8, 4) is 0 Å². The van der Waals surface area contributed by atoms with Gasteiger partial charge in [0.05, 0.1) is 5.75 Å². The molecule has 0 aromatic carbocycles. The molecule has 0 saturated heterocycles. The summed E-state index contributed by atoms with van der Waals surface area (Å²) in [5, 5.41) is 0.144. The zero-order valence-electron chi connectivity index (χ0n) is 7.98. The van der Waals surface area contributed by atoms with Gasteiger partial charge in [0.15, 0.2) is 0 Å². The summed E-state index contributed by atoms with van der Waals surface area (Å²) in [5.41, 5.74) is 0. The van der Waals surface area contributed by atoms with E-state index in [0.29, 0.717) is 18.8 Å². The van der Waals surface area contributed by atoms with Gasteiger partial charge in [0, 0.05) is 24.8 Å². The van der Waals surface area contributed by atoms with Gasteiger partial charge in [0.1, 0.15) is 0 Å². The average Bonchev–Trinajstić information content (AvgIpc) is 2.63. The first kappa shape index (κ1) is 11.5. The Balaban J connectivity index is 2.92. The minimum absolute atomic E-state index is 0.0630. The first-order chi connectivity index (χ1) is 6.61. The number of sulfone groups is 1. The Labute approximate surface area is 88.8 Å². The minimum Gasteiger partial charge on any atom is -0.322 e. The Kier molecular flexibility index (Phi) is 3.95. The van der Waals surface area contributed by atoms with Crippen LogP contribution in [-0.2, 0) is 16.4 Å². The van der Waals surface area contributed by atoms with Crippen LogP contribution < -0.4 is 0 Å². The van der Waals surface area contributed by atoms with Gasteiger partial charge in [0.2, 0.25) is 15.0 Å². The molecule has 1 aromatic heterocycles. The van der Waals surface area contributed by atoms with Gasteiger partial charge in [-0.15, -0.1) is 11.6 Å². The van der Waals surface area contributed by atoms with E-state index in [4.69, 9.17) is 11.6 Å². The van der Waals surface area contributed by atoms with Crippen molar-refractivity contribution in [3.05, 3.63) is 12.4 Å². The second kappa shape index (κ2) is 4.79. The summed E-state index contributed by atoms with van der Waals surface area (Å²) in [5.74, 6) is 0.416. The molecule has 0 saturated carbocycles. The summed E-state index contributed by atoms with van der Waals surface area (Å²) >= 11 is 5.45. The van der Waals surface area contributed by atoms with Gasteiger partial charge in [-0.05, 0) is 13.3 Å².